The molecule has 4 fully saturated rings. The zero-order chi connectivity index (χ0) is 106. The van der Waals surface area contributed by atoms with E-state index >= 15 is 0 Å². The molecule has 0 aliphatic carbocycles. The maximum atomic E-state index is 13.7. The van der Waals surface area contributed by atoms with Gasteiger partial charge in [-0.3, -0.25) is 116 Å². The van der Waals surface area contributed by atoms with E-state index in [1.807, 2.05) is 122 Å². The van der Waals surface area contributed by atoms with Crippen LogP contribution >= 0.6 is 11.6 Å². The number of imidazole rings is 3. The number of amides is 13. The van der Waals surface area contributed by atoms with E-state index in [2.05, 4.69) is 49.8 Å². The van der Waals surface area contributed by atoms with Crippen LogP contribution in [0.15, 0.2) is 194 Å². The van der Waals surface area contributed by atoms with Crippen molar-refractivity contribution in [1.82, 2.24) is 88.0 Å². The Labute approximate surface area is 852 Å². The van der Waals surface area contributed by atoms with Crippen molar-refractivity contribution in [2.24, 2.45) is 49.8 Å². The molecule has 0 bridgehead atoms. The fourth-order valence-corrected chi connectivity index (χ4v) is 19.8. The van der Waals surface area contributed by atoms with Crippen LogP contribution in [0.2, 0.25) is 5.02 Å². The van der Waals surface area contributed by atoms with Crippen LogP contribution in [0.25, 0.3) is 0 Å². The van der Waals surface area contributed by atoms with Gasteiger partial charge in [-0.1, -0.05) is 93.9 Å². The third-order valence-corrected chi connectivity index (χ3v) is 28.0. The van der Waals surface area contributed by atoms with Crippen LogP contribution in [0.3, 0.4) is 0 Å². The third kappa shape index (κ3) is 23.7. The Morgan fingerprint density at radius 2 is 0.658 bits per heavy atom. The molecule has 764 valence electrons. The Kier molecular flexibility index (Phi) is 34.6. The summed E-state index contributed by atoms with van der Waals surface area (Å²) in [7, 11) is 13.2. The predicted molar refractivity (Wildman–Crippen MR) is 550 cm³/mol. The highest BCUT2D eigenvalue weighted by Gasteiger charge is 2.60. The fraction of sp³-hybridized carbons (Fsp3) is 0.387. The highest BCUT2D eigenvalue weighted by atomic mass is 35.5. The second-order valence-corrected chi connectivity index (χ2v) is 37.8. The minimum atomic E-state index is -1.01. The van der Waals surface area contributed by atoms with E-state index in [0.29, 0.717) is 71.8 Å². The summed E-state index contributed by atoms with van der Waals surface area (Å²) in [6.07, 6.45) is 20.5. The van der Waals surface area contributed by atoms with Crippen molar-refractivity contribution in [1.29, 1.82) is 0 Å². The van der Waals surface area contributed by atoms with Gasteiger partial charge in [-0.15, -0.1) is 0 Å². The molecule has 4 saturated heterocycles. The van der Waals surface area contributed by atoms with Crippen LogP contribution in [0.4, 0.5) is 41.1 Å². The van der Waals surface area contributed by atoms with E-state index in [4.69, 9.17) is 34.5 Å². The maximum absolute atomic E-state index is 13.7. The van der Waals surface area contributed by atoms with Gasteiger partial charge in [0.25, 0.3) is 29.5 Å². The first kappa shape index (κ1) is 107. The Bertz CT molecular complexity index is 6540. The van der Waals surface area contributed by atoms with Crippen LogP contribution in [0.1, 0.15) is 170 Å². The van der Waals surface area contributed by atoms with Gasteiger partial charge in [0.1, 0.15) is 54.0 Å². The lowest BCUT2D eigenvalue weighted by Crippen LogP contribution is -2.69. The summed E-state index contributed by atoms with van der Waals surface area (Å²) in [5.41, 5.74) is 33.8. The number of anilines is 7. The van der Waals surface area contributed by atoms with Crippen LogP contribution in [-0.2, 0) is 109 Å². The van der Waals surface area contributed by atoms with Gasteiger partial charge in [-0.25, -0.2) is 39.9 Å². The maximum Gasteiger partial charge on any atom is 0.253 e. The number of carbonyl (C=O) groups is 13. The second kappa shape index (κ2) is 47.1. The van der Waals surface area contributed by atoms with Crippen molar-refractivity contribution in [3.05, 3.63) is 262 Å². The summed E-state index contributed by atoms with van der Waals surface area (Å²) in [6, 6.07) is 34.7. The van der Waals surface area contributed by atoms with Crippen molar-refractivity contribution in [2.75, 3.05) is 79.4 Å². The zero-order valence-electron chi connectivity index (χ0n) is 84.9. The number of hydrogen-bond donors (Lipinski definition) is 4. The molecule has 2 aromatic carbocycles. The van der Waals surface area contributed by atoms with Gasteiger partial charge < -0.3 is 36.6 Å². The van der Waals surface area contributed by atoms with E-state index < -0.39 is 65.6 Å². The molecule has 0 saturated carbocycles. The molecule has 39 nitrogen and oxygen atoms in total. The van der Waals surface area contributed by atoms with E-state index in [1.54, 1.807) is 179 Å². The number of likely N-dealkylation sites (tertiary alicyclic amines) is 4. The lowest BCUT2D eigenvalue weighted by atomic mass is 9.80. The number of hydrogen-bond acceptors (Lipinski definition) is 27. The normalized spacial score (nSPS) is 18.5. The Hall–Kier alpha value is -16.0. The molecule has 0 unspecified atom stereocenters. The molecule has 9 aromatic heterocycles. The van der Waals surface area contributed by atoms with Crippen molar-refractivity contribution in [3.8, 4) is 0 Å². The zero-order valence-corrected chi connectivity index (χ0v) is 85.6. The summed E-state index contributed by atoms with van der Waals surface area (Å²) < 4.78 is 5.13. The van der Waals surface area contributed by atoms with Crippen LogP contribution < -0.4 is 37.6 Å². The number of halogens is 1. The van der Waals surface area contributed by atoms with Crippen molar-refractivity contribution in [3.63, 3.8) is 0 Å². The Morgan fingerprint density at radius 1 is 0.370 bits per heavy atom. The summed E-state index contributed by atoms with van der Waals surface area (Å²) in [4.78, 5) is 227. The number of nitrogen functional groups attached to an aromatic ring is 4. The Balaban J connectivity index is 0.000000163. The topological polar surface area (TPSA) is 498 Å². The largest absolute Gasteiger partial charge is 0.384 e. The number of aryl methyl sites for hydroxylation is 7. The van der Waals surface area contributed by atoms with E-state index in [1.165, 1.54) is 38.6 Å². The first-order valence-corrected chi connectivity index (χ1v) is 48.8. The standard InChI is InChI=1S/2C27H33N7O3.C26H29ClN6O3.C26H30N6O4/c2*1-6-19(20-8-7-16(2)31-17(20)3)15-23(35)34-24(26(37)33(5)27-30-11-12-32(27)4)21(25(34)36)13-18-9-10-29-22(28)14-18;1-4-17(18-5-7-19(27)8-6-18)15-22(34)33-23(25(36)32(3)26-30-11-12-31(26)2)20(24(33)35)13-16-9-10-29-21(28)14-16;1-4-17(18-8-6-5-7-9-18)14-21(33)32-23(25(36)31(3)26-29-15-22(34)30(26)2)19(24(32)35)12-16-10-11-28-20(27)13-16/h2*7-12,14,19,21,24H,6,13,15H2,1-5H3,(H2,28,29);5-12,14,17,20,23H,4,13,15H2,1-3H3,(H2,28,29);5-11,13,17,19,23H,4,12,14-15H2,1-3H3,(H2,27,28)/t19-,21+,24-;19-,21-,24+;17-,20+,23-;17-,19+,23-/m0100/s1. The lowest BCUT2D eigenvalue weighted by Gasteiger charge is -2.46. The lowest BCUT2D eigenvalue weighted by molar-refractivity contribution is -0.173. The van der Waals surface area contributed by atoms with Crippen molar-refractivity contribution >= 4 is 135 Å². The number of guanidine groups is 1. The molecule has 13 amide bonds. The number of aromatic nitrogens is 12. The van der Waals surface area contributed by atoms with Gasteiger partial charge in [0, 0.05) is 172 Å². The number of benzene rings is 2. The summed E-state index contributed by atoms with van der Waals surface area (Å²) in [6.45, 7) is 15.6. The summed E-state index contributed by atoms with van der Waals surface area (Å²) >= 11 is 6.02. The van der Waals surface area contributed by atoms with Gasteiger partial charge in [0.05, 0.1) is 23.7 Å². The second-order valence-electron chi connectivity index (χ2n) is 37.4. The summed E-state index contributed by atoms with van der Waals surface area (Å²) in [5, 5.41) is 0.612. The molecular weight excluding hydrogens is 1880 g/mol. The molecule has 11 aromatic rings. The van der Waals surface area contributed by atoms with Crippen LogP contribution in [0, 0.1) is 51.4 Å². The van der Waals surface area contributed by atoms with Crippen molar-refractivity contribution < 1.29 is 62.3 Å². The number of pyridine rings is 6. The molecule has 146 heavy (non-hydrogen) atoms. The van der Waals surface area contributed by atoms with Crippen LogP contribution in [-0.4, -0.2) is 237 Å². The molecule has 0 radical (unpaired) electrons. The first-order valence-electron chi connectivity index (χ1n) is 48.4. The van der Waals surface area contributed by atoms with Crippen LogP contribution in [0.5, 0.6) is 0 Å². The van der Waals surface area contributed by atoms with E-state index in [9.17, 15) is 62.3 Å². The van der Waals surface area contributed by atoms with E-state index in [0.717, 1.165) is 86.9 Å². The minimum absolute atomic E-state index is 0.0509. The first-order chi connectivity index (χ1) is 69.7. The predicted octanol–water partition coefficient (Wildman–Crippen LogP) is 9.73. The molecule has 40 heteroatoms. The third-order valence-electron chi connectivity index (χ3n) is 27.8. The minimum Gasteiger partial charge on any atom is -0.384 e. The molecular formula is C106H125ClN26O13. The number of nitrogens with two attached hydrogens (primary N) is 4. The molecule has 5 aliphatic rings. The number of imide groups is 4. The van der Waals surface area contributed by atoms with Gasteiger partial charge in [0.2, 0.25) is 71.1 Å². The number of carbonyl (C=O) groups excluding carboxylic acids is 13. The highest BCUT2D eigenvalue weighted by molar-refractivity contribution is 6.30. The van der Waals surface area contributed by atoms with E-state index in [-0.39, 0.29) is 147 Å². The summed E-state index contributed by atoms with van der Waals surface area (Å²) in [5.74, 6) is -5.27. The smallest absolute Gasteiger partial charge is 0.253 e. The SMILES string of the molecule is CC[C@@H](CC(=O)N1C(=O)[C@H](Cc2ccnc(N)c2)[C@H]1C(=O)N(C)C1=NCC(=O)N1C)c1ccccc1.CC[C@@H](CC(=O)N1C(=O)[C@H](Cc2ccnc(N)c2)[C@H]1C(=O)N(C)c1nccn1C)c1ccc(C)nc1C.CC[C@@H](CC(=O)N1C(=O)[C@H](Cc2ccnc(N)c2)[C@H]1C(=O)N(C)c1nccn1C)c1ccc(Cl)cc1.CC[C@H](CC(=O)N1C(=O)[C@H](Cc2ccnc(N)c2)[C@H]1C(=O)N(C)c1nccn1C)c1ccc(C)nc1C. The highest BCUT2D eigenvalue weighted by Crippen LogP contribution is 2.42. The Morgan fingerprint density at radius 3 is 0.918 bits per heavy atom. The molecule has 5 aliphatic heterocycles. The van der Waals surface area contributed by atoms with Crippen molar-refractivity contribution in [2.45, 2.75) is 180 Å². The van der Waals surface area contributed by atoms with Gasteiger partial charge >= 0.3 is 0 Å². The molecule has 8 N–H and O–H groups in total. The number of β-lactam (4-membered cyclic amide) rings is 4. The average molecular weight is 2010 g/mol. The fourth-order valence-electron chi connectivity index (χ4n) is 19.7. The van der Waals surface area contributed by atoms with Gasteiger partial charge in [0.15, 0.2) is 0 Å². The molecule has 14 heterocycles. The number of nitrogens with zero attached hydrogens (tertiary/aromatic N) is 22. The van der Waals surface area contributed by atoms with Gasteiger partial charge in [-0.2, -0.15) is 0 Å². The number of aliphatic imine (C=N–C) groups is 1. The number of rotatable bonds is 31. The molecule has 12 atom stereocenters. The molecule has 0 spiro atoms. The quantitative estimate of drug-likeness (QED) is 0.0293. The van der Waals surface area contributed by atoms with Gasteiger partial charge in [-0.05, 0) is 220 Å². The molecule has 16 rings (SSSR count). The monoisotopic (exact) mass is 2000 g/mol. The number of likely N-dealkylation sites (N-methyl/N-ethyl adjacent to an activating group) is 5. The average Bonchev–Trinajstić information content (AvgIpc) is 1.14.